The van der Waals surface area contributed by atoms with Gasteiger partial charge in [0, 0.05) is 25.7 Å². The Bertz CT molecular complexity index is 633. The van der Waals surface area contributed by atoms with Gasteiger partial charge in [-0.3, -0.25) is 4.99 Å². The number of nitrogens with one attached hydrogen (secondary N) is 2. The average Bonchev–Trinajstić information content (AvgIpc) is 2.67. The Hall–Kier alpha value is -1.95. The topological polar surface area (TPSA) is 58.1 Å². The van der Waals surface area contributed by atoms with Crippen molar-refractivity contribution in [3.63, 3.8) is 0 Å². The van der Waals surface area contributed by atoms with E-state index in [-0.39, 0.29) is 5.54 Å². The van der Waals surface area contributed by atoms with Gasteiger partial charge in [-0.15, -0.1) is 0 Å². The van der Waals surface area contributed by atoms with Crippen LogP contribution in [0.1, 0.15) is 38.2 Å². The lowest BCUT2D eigenvalue weighted by Gasteiger charge is -2.45. The van der Waals surface area contributed by atoms with Gasteiger partial charge in [0.2, 0.25) is 0 Å². The van der Waals surface area contributed by atoms with E-state index < -0.39 is 0 Å². The molecule has 6 heteroatoms. The standard InChI is InChI=1S/C21H36N4O2/c1-16-8-7-11-21(13-16,25(3)4)15-24-20(22-2)23-14-17-9-10-18(26-5)19(12-17)27-6/h9-10,12,16H,7-8,11,13-15H2,1-6H3,(H2,22,23,24). The molecule has 0 heterocycles. The van der Waals surface area contributed by atoms with Gasteiger partial charge in [-0.05, 0) is 50.6 Å². The highest BCUT2D eigenvalue weighted by molar-refractivity contribution is 5.79. The highest BCUT2D eigenvalue weighted by Crippen LogP contribution is 2.35. The van der Waals surface area contributed by atoms with E-state index >= 15 is 0 Å². The van der Waals surface area contributed by atoms with Crippen molar-refractivity contribution in [3.8, 4) is 11.5 Å². The number of hydrogen-bond donors (Lipinski definition) is 2. The molecule has 1 aliphatic carbocycles. The Morgan fingerprint density at radius 3 is 2.56 bits per heavy atom. The molecule has 0 saturated heterocycles. The van der Waals surface area contributed by atoms with Gasteiger partial charge in [0.1, 0.15) is 0 Å². The van der Waals surface area contributed by atoms with Crippen molar-refractivity contribution in [1.29, 1.82) is 0 Å². The molecule has 27 heavy (non-hydrogen) atoms. The quantitative estimate of drug-likeness (QED) is 0.566. The maximum absolute atomic E-state index is 5.38. The lowest BCUT2D eigenvalue weighted by Crippen LogP contribution is -2.56. The molecule has 0 bridgehead atoms. The molecule has 0 amide bonds. The molecule has 2 rings (SSSR count). The van der Waals surface area contributed by atoms with Crippen molar-refractivity contribution in [2.24, 2.45) is 10.9 Å². The van der Waals surface area contributed by atoms with E-state index in [1.807, 2.05) is 25.2 Å². The largest absolute Gasteiger partial charge is 0.493 e. The first-order chi connectivity index (χ1) is 12.9. The summed E-state index contributed by atoms with van der Waals surface area (Å²) < 4.78 is 10.7. The number of nitrogens with zero attached hydrogens (tertiary/aromatic N) is 2. The van der Waals surface area contributed by atoms with Crippen molar-refractivity contribution in [2.75, 3.05) is 41.9 Å². The molecule has 6 nitrogen and oxygen atoms in total. The average molecular weight is 377 g/mol. The predicted molar refractivity (Wildman–Crippen MR) is 112 cm³/mol. The number of aliphatic imine (C=N–C) groups is 1. The van der Waals surface area contributed by atoms with Crippen molar-refractivity contribution in [3.05, 3.63) is 23.8 Å². The number of guanidine groups is 1. The van der Waals surface area contributed by atoms with Crippen molar-refractivity contribution < 1.29 is 9.47 Å². The molecule has 0 radical (unpaired) electrons. The molecule has 0 aromatic heterocycles. The molecule has 1 saturated carbocycles. The normalized spacial score (nSPS) is 23.2. The fourth-order valence-corrected chi connectivity index (χ4v) is 4.00. The Morgan fingerprint density at radius 1 is 1.22 bits per heavy atom. The van der Waals surface area contributed by atoms with E-state index in [0.29, 0.717) is 6.54 Å². The van der Waals surface area contributed by atoms with Crippen molar-refractivity contribution in [2.45, 2.75) is 44.7 Å². The maximum Gasteiger partial charge on any atom is 0.191 e. The summed E-state index contributed by atoms with van der Waals surface area (Å²) in [6.07, 6.45) is 5.07. The number of ether oxygens (including phenoxy) is 2. The fourth-order valence-electron chi connectivity index (χ4n) is 4.00. The maximum atomic E-state index is 5.38. The van der Waals surface area contributed by atoms with Gasteiger partial charge >= 0.3 is 0 Å². The lowest BCUT2D eigenvalue weighted by atomic mass is 9.75. The number of hydrogen-bond acceptors (Lipinski definition) is 4. The van der Waals surface area contributed by atoms with E-state index in [1.165, 1.54) is 25.7 Å². The minimum atomic E-state index is 0.193. The Balaban J connectivity index is 1.95. The zero-order valence-corrected chi connectivity index (χ0v) is 17.8. The molecule has 0 aliphatic heterocycles. The first-order valence-electron chi connectivity index (χ1n) is 9.77. The van der Waals surface area contributed by atoms with Crippen LogP contribution in [0, 0.1) is 5.92 Å². The van der Waals surface area contributed by atoms with E-state index in [2.05, 4.69) is 41.5 Å². The van der Waals surface area contributed by atoms with Gasteiger partial charge in [-0.25, -0.2) is 0 Å². The number of benzene rings is 1. The molecule has 0 spiro atoms. The van der Waals surface area contributed by atoms with Gasteiger partial charge in [0.25, 0.3) is 0 Å². The Kier molecular flexibility index (Phi) is 7.78. The molecule has 1 aromatic rings. The summed E-state index contributed by atoms with van der Waals surface area (Å²) in [7, 11) is 9.50. The molecule has 1 aliphatic rings. The SMILES string of the molecule is CN=C(NCc1ccc(OC)c(OC)c1)NCC1(N(C)C)CCCC(C)C1. The predicted octanol–water partition coefficient (Wildman–Crippen LogP) is 2.88. The van der Waals surface area contributed by atoms with Crippen LogP contribution in [-0.2, 0) is 6.54 Å². The third-order valence-electron chi connectivity index (χ3n) is 5.73. The molecule has 1 aromatic carbocycles. The molecule has 2 atom stereocenters. The number of likely N-dealkylation sites (N-methyl/N-ethyl adjacent to an activating group) is 1. The summed E-state index contributed by atoms with van der Waals surface area (Å²) in [5.41, 5.74) is 1.31. The summed E-state index contributed by atoms with van der Waals surface area (Å²) in [5, 5.41) is 6.95. The summed E-state index contributed by atoms with van der Waals surface area (Å²) >= 11 is 0. The van der Waals surface area contributed by atoms with E-state index in [0.717, 1.165) is 35.5 Å². The Morgan fingerprint density at radius 2 is 1.96 bits per heavy atom. The lowest BCUT2D eigenvalue weighted by molar-refractivity contribution is 0.0795. The zero-order chi connectivity index (χ0) is 19.9. The minimum Gasteiger partial charge on any atom is -0.493 e. The van der Waals surface area contributed by atoms with Crippen LogP contribution < -0.4 is 20.1 Å². The smallest absolute Gasteiger partial charge is 0.191 e. The van der Waals surface area contributed by atoms with Crippen molar-refractivity contribution >= 4 is 5.96 Å². The summed E-state index contributed by atoms with van der Waals surface area (Å²) in [6.45, 7) is 3.93. The van der Waals surface area contributed by atoms with Crippen LogP contribution in [0.25, 0.3) is 0 Å². The van der Waals surface area contributed by atoms with Crippen LogP contribution in [0.15, 0.2) is 23.2 Å². The molecule has 152 valence electrons. The van der Waals surface area contributed by atoms with Crippen LogP contribution in [0.3, 0.4) is 0 Å². The monoisotopic (exact) mass is 376 g/mol. The summed E-state index contributed by atoms with van der Waals surface area (Å²) in [6, 6.07) is 5.95. The van der Waals surface area contributed by atoms with E-state index in [9.17, 15) is 0 Å². The number of methoxy groups -OCH3 is 2. The first-order valence-corrected chi connectivity index (χ1v) is 9.77. The van der Waals surface area contributed by atoms with Crippen LogP contribution in [0.4, 0.5) is 0 Å². The van der Waals surface area contributed by atoms with Crippen LogP contribution in [0.2, 0.25) is 0 Å². The number of rotatable bonds is 7. The van der Waals surface area contributed by atoms with Gasteiger partial charge in [0.15, 0.2) is 17.5 Å². The highest BCUT2D eigenvalue weighted by Gasteiger charge is 2.36. The van der Waals surface area contributed by atoms with Gasteiger partial charge < -0.3 is 25.0 Å². The second-order valence-electron chi connectivity index (χ2n) is 7.79. The second kappa shape index (κ2) is 9.83. The molecular weight excluding hydrogens is 340 g/mol. The van der Waals surface area contributed by atoms with Crippen molar-refractivity contribution in [1.82, 2.24) is 15.5 Å². The third kappa shape index (κ3) is 5.51. The van der Waals surface area contributed by atoms with Crippen LogP contribution in [-0.4, -0.2) is 58.3 Å². The second-order valence-corrected chi connectivity index (χ2v) is 7.79. The van der Waals surface area contributed by atoms with Crippen LogP contribution >= 0.6 is 0 Å². The molecule has 2 N–H and O–H groups in total. The molecule has 2 unspecified atom stereocenters. The minimum absolute atomic E-state index is 0.193. The summed E-state index contributed by atoms with van der Waals surface area (Å²) in [4.78, 5) is 6.78. The third-order valence-corrected chi connectivity index (χ3v) is 5.73. The van der Waals surface area contributed by atoms with E-state index in [4.69, 9.17) is 9.47 Å². The fraction of sp³-hybridized carbons (Fsp3) is 0.667. The summed E-state index contributed by atoms with van der Waals surface area (Å²) in [5.74, 6) is 3.07. The zero-order valence-electron chi connectivity index (χ0n) is 17.8. The van der Waals surface area contributed by atoms with Crippen LogP contribution in [0.5, 0.6) is 11.5 Å². The van der Waals surface area contributed by atoms with E-state index in [1.54, 1.807) is 14.2 Å². The van der Waals surface area contributed by atoms with Gasteiger partial charge in [0.05, 0.1) is 14.2 Å². The Labute approximate surface area is 164 Å². The first kappa shape index (κ1) is 21.4. The van der Waals surface area contributed by atoms with Gasteiger partial charge in [-0.2, -0.15) is 0 Å². The van der Waals surface area contributed by atoms with Gasteiger partial charge in [-0.1, -0.05) is 25.8 Å². The molecule has 1 fully saturated rings. The highest BCUT2D eigenvalue weighted by atomic mass is 16.5. The molecular formula is C21H36N4O2.